The molecule has 0 radical (unpaired) electrons. The van der Waals surface area contributed by atoms with Gasteiger partial charge in [-0.05, 0) is 31.4 Å². The van der Waals surface area contributed by atoms with Crippen LogP contribution in [0.15, 0.2) is 35.3 Å². The molecule has 2 heterocycles. The summed E-state index contributed by atoms with van der Waals surface area (Å²) in [5, 5.41) is 6.97. The largest absolute Gasteiger partial charge is 0.381 e. The van der Waals surface area contributed by atoms with Gasteiger partial charge in [0.05, 0.1) is 6.61 Å². The summed E-state index contributed by atoms with van der Waals surface area (Å²) >= 11 is 0. The number of hydrogen-bond acceptors (Lipinski definition) is 4. The second-order valence-electron chi connectivity index (χ2n) is 7.80. The average Bonchev–Trinajstić information content (AvgIpc) is 3.24. The molecule has 1 atom stereocenters. The molecule has 0 aliphatic carbocycles. The summed E-state index contributed by atoms with van der Waals surface area (Å²) in [4.78, 5) is 20.5. The molecule has 2 N–H and O–H groups in total. The molecule has 0 bridgehead atoms. The molecular formula is C21H33N5O2. The number of para-hydroxylation sites is 1. The van der Waals surface area contributed by atoms with Gasteiger partial charge < -0.3 is 25.2 Å². The highest BCUT2D eigenvalue weighted by Gasteiger charge is 2.21. The summed E-state index contributed by atoms with van der Waals surface area (Å²) in [5.41, 5.74) is 1.28. The van der Waals surface area contributed by atoms with Crippen molar-refractivity contribution in [3.8, 4) is 0 Å². The Hall–Kier alpha value is -2.28. The van der Waals surface area contributed by atoms with Crippen molar-refractivity contribution in [2.24, 2.45) is 10.9 Å². The minimum absolute atomic E-state index is 0.00389. The van der Waals surface area contributed by atoms with Crippen molar-refractivity contribution < 1.29 is 9.53 Å². The van der Waals surface area contributed by atoms with Crippen molar-refractivity contribution in [2.75, 3.05) is 58.4 Å². The van der Waals surface area contributed by atoms with E-state index in [4.69, 9.17) is 4.74 Å². The Morgan fingerprint density at radius 1 is 1.21 bits per heavy atom. The number of anilines is 1. The molecule has 3 rings (SSSR count). The molecule has 0 aromatic heterocycles. The Kier molecular flexibility index (Phi) is 7.54. The predicted octanol–water partition coefficient (Wildman–Crippen LogP) is 1.32. The van der Waals surface area contributed by atoms with Crippen LogP contribution in [0.1, 0.15) is 19.3 Å². The Labute approximate surface area is 168 Å². The van der Waals surface area contributed by atoms with Gasteiger partial charge in [-0.2, -0.15) is 0 Å². The molecule has 2 saturated heterocycles. The van der Waals surface area contributed by atoms with E-state index in [1.807, 2.05) is 0 Å². The zero-order valence-electron chi connectivity index (χ0n) is 17.1. The van der Waals surface area contributed by atoms with Crippen LogP contribution in [0.3, 0.4) is 0 Å². The van der Waals surface area contributed by atoms with Gasteiger partial charge in [0, 0.05) is 58.0 Å². The first-order valence-electron chi connectivity index (χ1n) is 10.2. The SMILES string of the molecule is CN(C)C(=O)CN=C(NCC1CCOC1)NC1CCN(c2ccccc2)CC1. The van der Waals surface area contributed by atoms with Crippen LogP contribution in [-0.2, 0) is 9.53 Å². The quantitative estimate of drug-likeness (QED) is 0.569. The molecule has 1 amide bonds. The van der Waals surface area contributed by atoms with Crippen molar-refractivity contribution in [3.05, 3.63) is 30.3 Å². The van der Waals surface area contributed by atoms with Crippen LogP contribution in [0.5, 0.6) is 0 Å². The molecule has 1 aromatic carbocycles. The number of carbonyl (C=O) groups excluding carboxylic acids is 1. The molecule has 2 fully saturated rings. The molecule has 2 aliphatic heterocycles. The molecular weight excluding hydrogens is 354 g/mol. The topological polar surface area (TPSA) is 69.2 Å². The van der Waals surface area contributed by atoms with Crippen LogP contribution in [0, 0.1) is 5.92 Å². The molecule has 7 nitrogen and oxygen atoms in total. The Morgan fingerprint density at radius 3 is 2.61 bits per heavy atom. The van der Waals surface area contributed by atoms with Crippen LogP contribution in [-0.4, -0.2) is 76.3 Å². The van der Waals surface area contributed by atoms with Gasteiger partial charge in [0.2, 0.25) is 5.91 Å². The fourth-order valence-electron chi connectivity index (χ4n) is 3.54. The molecule has 0 saturated carbocycles. The number of benzene rings is 1. The molecule has 7 heteroatoms. The highest BCUT2D eigenvalue weighted by molar-refractivity contribution is 5.85. The maximum Gasteiger partial charge on any atom is 0.243 e. The van der Waals surface area contributed by atoms with Crippen molar-refractivity contribution >= 4 is 17.6 Å². The van der Waals surface area contributed by atoms with Gasteiger partial charge in [-0.15, -0.1) is 0 Å². The van der Waals surface area contributed by atoms with Crippen LogP contribution < -0.4 is 15.5 Å². The normalized spacial score (nSPS) is 20.9. The number of guanidine groups is 1. The standard InChI is InChI=1S/C21H33N5O2/c1-25(2)20(27)15-23-21(22-14-17-10-13-28-16-17)24-18-8-11-26(12-9-18)19-6-4-3-5-7-19/h3-7,17-18H,8-16H2,1-2H3,(H2,22,23,24). The molecule has 28 heavy (non-hydrogen) atoms. The average molecular weight is 388 g/mol. The van der Waals surface area contributed by atoms with E-state index < -0.39 is 0 Å². The Morgan fingerprint density at radius 2 is 1.96 bits per heavy atom. The number of likely N-dealkylation sites (N-methyl/N-ethyl adjacent to an activating group) is 1. The monoisotopic (exact) mass is 387 g/mol. The van der Waals surface area contributed by atoms with E-state index in [9.17, 15) is 4.79 Å². The third-order valence-corrected chi connectivity index (χ3v) is 5.41. The van der Waals surface area contributed by atoms with Crippen molar-refractivity contribution in [1.82, 2.24) is 15.5 Å². The summed E-state index contributed by atoms with van der Waals surface area (Å²) < 4.78 is 5.46. The Balaban J connectivity index is 1.52. The first kappa shape index (κ1) is 20.5. The minimum atomic E-state index is 0.00389. The van der Waals surface area contributed by atoms with Gasteiger partial charge in [-0.25, -0.2) is 4.99 Å². The zero-order chi connectivity index (χ0) is 19.8. The number of piperidine rings is 1. The predicted molar refractivity (Wildman–Crippen MR) is 113 cm³/mol. The highest BCUT2D eigenvalue weighted by atomic mass is 16.5. The molecule has 1 unspecified atom stereocenters. The minimum Gasteiger partial charge on any atom is -0.381 e. The fourth-order valence-corrected chi connectivity index (χ4v) is 3.54. The second kappa shape index (κ2) is 10.3. The van der Waals surface area contributed by atoms with Crippen molar-refractivity contribution in [1.29, 1.82) is 0 Å². The van der Waals surface area contributed by atoms with Crippen LogP contribution in [0.25, 0.3) is 0 Å². The smallest absolute Gasteiger partial charge is 0.243 e. The van der Waals surface area contributed by atoms with Gasteiger partial charge in [0.1, 0.15) is 6.54 Å². The summed E-state index contributed by atoms with van der Waals surface area (Å²) in [6, 6.07) is 10.9. The molecule has 2 aliphatic rings. The van der Waals surface area contributed by atoms with Crippen LogP contribution in [0.4, 0.5) is 5.69 Å². The number of carbonyl (C=O) groups is 1. The third-order valence-electron chi connectivity index (χ3n) is 5.41. The zero-order valence-corrected chi connectivity index (χ0v) is 17.1. The lowest BCUT2D eigenvalue weighted by Crippen LogP contribution is -2.49. The number of nitrogens with zero attached hydrogens (tertiary/aromatic N) is 3. The first-order valence-corrected chi connectivity index (χ1v) is 10.2. The summed E-state index contributed by atoms with van der Waals surface area (Å²) in [6.07, 6.45) is 3.17. The van der Waals surface area contributed by atoms with Gasteiger partial charge >= 0.3 is 0 Å². The van der Waals surface area contributed by atoms with Gasteiger partial charge in [0.25, 0.3) is 0 Å². The summed E-state index contributed by atoms with van der Waals surface area (Å²) in [7, 11) is 3.51. The number of hydrogen-bond donors (Lipinski definition) is 2. The maximum atomic E-state index is 11.9. The van der Waals surface area contributed by atoms with Crippen LogP contribution >= 0.6 is 0 Å². The van der Waals surface area contributed by atoms with Gasteiger partial charge in [-0.3, -0.25) is 4.79 Å². The van der Waals surface area contributed by atoms with Gasteiger partial charge in [-0.1, -0.05) is 18.2 Å². The number of rotatable bonds is 6. The first-order chi connectivity index (χ1) is 13.6. The van der Waals surface area contributed by atoms with E-state index in [0.717, 1.165) is 58.1 Å². The summed E-state index contributed by atoms with van der Waals surface area (Å²) in [5.74, 6) is 1.25. The van der Waals surface area contributed by atoms with E-state index in [0.29, 0.717) is 12.0 Å². The lowest BCUT2D eigenvalue weighted by atomic mass is 10.0. The fraction of sp³-hybridized carbons (Fsp3) is 0.619. The Bertz CT molecular complexity index is 635. The highest BCUT2D eigenvalue weighted by Crippen LogP contribution is 2.19. The van der Waals surface area contributed by atoms with E-state index in [-0.39, 0.29) is 12.5 Å². The lowest BCUT2D eigenvalue weighted by Gasteiger charge is -2.34. The maximum absolute atomic E-state index is 11.9. The van der Waals surface area contributed by atoms with Crippen molar-refractivity contribution in [2.45, 2.75) is 25.3 Å². The van der Waals surface area contributed by atoms with E-state index >= 15 is 0 Å². The van der Waals surface area contributed by atoms with E-state index in [1.165, 1.54) is 5.69 Å². The van der Waals surface area contributed by atoms with Gasteiger partial charge in [0.15, 0.2) is 5.96 Å². The summed E-state index contributed by atoms with van der Waals surface area (Å²) in [6.45, 7) is 4.65. The van der Waals surface area contributed by atoms with Crippen LogP contribution in [0.2, 0.25) is 0 Å². The third kappa shape index (κ3) is 6.12. The lowest BCUT2D eigenvalue weighted by molar-refractivity contribution is -0.127. The molecule has 1 aromatic rings. The number of aliphatic imine (C=N–C) groups is 1. The number of nitrogens with one attached hydrogen (secondary N) is 2. The molecule has 154 valence electrons. The van der Waals surface area contributed by atoms with E-state index in [2.05, 4.69) is 50.9 Å². The van der Waals surface area contributed by atoms with E-state index in [1.54, 1.807) is 19.0 Å². The molecule has 0 spiro atoms. The number of ether oxygens (including phenoxy) is 1. The number of amides is 1. The second-order valence-corrected chi connectivity index (χ2v) is 7.80. The van der Waals surface area contributed by atoms with Crippen molar-refractivity contribution in [3.63, 3.8) is 0 Å².